The Balaban J connectivity index is 3.05. The van der Waals surface area contributed by atoms with Crippen LogP contribution in [-0.2, 0) is 16.0 Å². The van der Waals surface area contributed by atoms with E-state index in [0.717, 1.165) is 0 Å². The van der Waals surface area contributed by atoms with Gasteiger partial charge in [0.15, 0.2) is 0 Å². The third-order valence-corrected chi connectivity index (χ3v) is 2.27. The monoisotopic (exact) mass is 226 g/mol. The summed E-state index contributed by atoms with van der Waals surface area (Å²) in [5.74, 6) is -0.435. The molecule has 1 aromatic rings. The molecule has 4 heteroatoms. The minimum Gasteiger partial charge on any atom is -0.465 e. The van der Waals surface area contributed by atoms with E-state index in [-0.39, 0.29) is 12.2 Å². The minimum atomic E-state index is -0.434. The van der Waals surface area contributed by atoms with Crippen LogP contribution in [0.3, 0.4) is 0 Å². The molecule has 1 aromatic carbocycles. The first-order chi connectivity index (χ1) is 7.04. The number of hydrogen-bond donors (Lipinski definition) is 0. The lowest BCUT2D eigenvalue weighted by Gasteiger charge is -2.04. The van der Waals surface area contributed by atoms with E-state index in [1.807, 2.05) is 0 Å². The van der Waals surface area contributed by atoms with Crippen LogP contribution in [0.4, 0.5) is 0 Å². The molecule has 0 aliphatic rings. The molecule has 0 N–H and O–H groups in total. The van der Waals surface area contributed by atoms with Gasteiger partial charge in [0.1, 0.15) is 5.78 Å². The van der Waals surface area contributed by atoms with Crippen LogP contribution in [0.1, 0.15) is 22.8 Å². The number of esters is 1. The predicted octanol–water partition coefficient (Wildman–Crippen LogP) is 2.26. The van der Waals surface area contributed by atoms with Crippen molar-refractivity contribution in [2.75, 3.05) is 7.11 Å². The molecule has 0 heterocycles. The number of ether oxygens (including phenoxy) is 1. The number of halogens is 1. The Morgan fingerprint density at radius 3 is 2.60 bits per heavy atom. The molecule has 0 bridgehead atoms. The highest BCUT2D eigenvalue weighted by atomic mass is 35.5. The van der Waals surface area contributed by atoms with Gasteiger partial charge in [-0.2, -0.15) is 0 Å². The van der Waals surface area contributed by atoms with Crippen molar-refractivity contribution < 1.29 is 14.3 Å². The molecule has 0 unspecified atom stereocenters. The summed E-state index contributed by atoms with van der Waals surface area (Å²) in [5.41, 5.74) is 1.05. The second-order valence-electron chi connectivity index (χ2n) is 3.18. The van der Waals surface area contributed by atoms with Gasteiger partial charge in [-0.3, -0.25) is 4.79 Å². The lowest BCUT2D eigenvalue weighted by Crippen LogP contribution is -2.04. The fourth-order valence-corrected chi connectivity index (χ4v) is 1.41. The second kappa shape index (κ2) is 4.94. The Labute approximate surface area is 93.0 Å². The number of Topliss-reactive ketones (excluding diaryl/α,β-unsaturated/α-hetero) is 1. The fourth-order valence-electron chi connectivity index (χ4n) is 1.22. The van der Waals surface area contributed by atoms with Gasteiger partial charge in [-0.15, -0.1) is 0 Å². The fraction of sp³-hybridized carbons (Fsp3) is 0.273. The summed E-state index contributed by atoms with van der Waals surface area (Å²) in [6.07, 6.45) is 0.226. The Kier molecular flexibility index (Phi) is 3.86. The summed E-state index contributed by atoms with van der Waals surface area (Å²) >= 11 is 5.88. The zero-order chi connectivity index (χ0) is 11.4. The maximum atomic E-state index is 11.2. The molecular weight excluding hydrogens is 216 g/mol. The van der Waals surface area contributed by atoms with Crippen molar-refractivity contribution in [1.82, 2.24) is 0 Å². The predicted molar refractivity (Wildman–Crippen MR) is 57.2 cm³/mol. The van der Waals surface area contributed by atoms with Crippen LogP contribution in [0.25, 0.3) is 0 Å². The van der Waals surface area contributed by atoms with E-state index < -0.39 is 5.97 Å². The summed E-state index contributed by atoms with van der Waals surface area (Å²) in [5, 5.41) is 0.484. The van der Waals surface area contributed by atoms with E-state index >= 15 is 0 Å². The van der Waals surface area contributed by atoms with Gasteiger partial charge in [-0.25, -0.2) is 4.79 Å². The largest absolute Gasteiger partial charge is 0.465 e. The number of benzene rings is 1. The molecule has 0 spiro atoms. The van der Waals surface area contributed by atoms with E-state index in [1.165, 1.54) is 14.0 Å². The lowest BCUT2D eigenvalue weighted by molar-refractivity contribution is -0.116. The zero-order valence-electron chi connectivity index (χ0n) is 8.54. The number of rotatable bonds is 3. The first-order valence-electron chi connectivity index (χ1n) is 4.40. The van der Waals surface area contributed by atoms with Gasteiger partial charge in [0, 0.05) is 11.4 Å². The number of methoxy groups -OCH3 is 1. The van der Waals surface area contributed by atoms with Gasteiger partial charge in [-0.05, 0) is 30.7 Å². The summed E-state index contributed by atoms with van der Waals surface area (Å²) in [6.45, 7) is 1.47. The molecule has 0 atom stereocenters. The molecule has 0 aliphatic heterocycles. The van der Waals surface area contributed by atoms with E-state index in [4.69, 9.17) is 11.6 Å². The van der Waals surface area contributed by atoms with Crippen molar-refractivity contribution in [2.45, 2.75) is 13.3 Å². The lowest BCUT2D eigenvalue weighted by atomic mass is 10.1. The topological polar surface area (TPSA) is 43.4 Å². The summed E-state index contributed by atoms with van der Waals surface area (Å²) in [4.78, 5) is 22.2. The van der Waals surface area contributed by atoms with Crippen LogP contribution in [0.15, 0.2) is 18.2 Å². The average Bonchev–Trinajstić information content (AvgIpc) is 2.19. The maximum Gasteiger partial charge on any atom is 0.337 e. The molecule has 1 rings (SSSR count). The first-order valence-corrected chi connectivity index (χ1v) is 4.78. The molecule has 15 heavy (non-hydrogen) atoms. The van der Waals surface area contributed by atoms with Crippen LogP contribution in [-0.4, -0.2) is 18.9 Å². The molecule has 0 radical (unpaired) electrons. The number of carbonyl (C=O) groups excluding carboxylic acids is 2. The molecule has 0 saturated heterocycles. The highest BCUT2D eigenvalue weighted by Crippen LogP contribution is 2.18. The minimum absolute atomic E-state index is 0.00100. The van der Waals surface area contributed by atoms with E-state index in [2.05, 4.69) is 4.74 Å². The summed E-state index contributed by atoms with van der Waals surface area (Å²) in [7, 11) is 1.31. The third kappa shape index (κ3) is 3.06. The van der Waals surface area contributed by atoms with Crippen LogP contribution < -0.4 is 0 Å². The first kappa shape index (κ1) is 11.7. The van der Waals surface area contributed by atoms with Crippen LogP contribution >= 0.6 is 11.6 Å². The van der Waals surface area contributed by atoms with Crippen LogP contribution in [0, 0.1) is 0 Å². The standard InChI is InChI=1S/C11H11ClO3/c1-7(13)5-9-6-8(11(14)15-2)3-4-10(9)12/h3-4,6H,5H2,1-2H3. The smallest absolute Gasteiger partial charge is 0.337 e. The molecule has 0 saturated carbocycles. The van der Waals surface area contributed by atoms with E-state index in [9.17, 15) is 9.59 Å². The average molecular weight is 227 g/mol. The highest BCUT2D eigenvalue weighted by Gasteiger charge is 2.09. The molecule has 80 valence electrons. The van der Waals surface area contributed by atoms with Crippen LogP contribution in [0.2, 0.25) is 5.02 Å². The van der Waals surface area contributed by atoms with Crippen molar-refractivity contribution in [2.24, 2.45) is 0 Å². The van der Waals surface area contributed by atoms with Crippen molar-refractivity contribution in [3.8, 4) is 0 Å². The molecule has 0 amide bonds. The van der Waals surface area contributed by atoms with Gasteiger partial charge < -0.3 is 4.74 Å². The SMILES string of the molecule is COC(=O)c1ccc(Cl)c(CC(C)=O)c1. The van der Waals surface area contributed by atoms with Crippen LogP contribution in [0.5, 0.6) is 0 Å². The zero-order valence-corrected chi connectivity index (χ0v) is 9.30. The van der Waals surface area contributed by atoms with Crippen molar-refractivity contribution in [1.29, 1.82) is 0 Å². The third-order valence-electron chi connectivity index (χ3n) is 1.91. The maximum absolute atomic E-state index is 11.2. The highest BCUT2D eigenvalue weighted by molar-refractivity contribution is 6.31. The Hall–Kier alpha value is -1.35. The number of hydrogen-bond acceptors (Lipinski definition) is 3. The van der Waals surface area contributed by atoms with E-state index in [0.29, 0.717) is 16.1 Å². The van der Waals surface area contributed by atoms with Crippen molar-refractivity contribution in [3.63, 3.8) is 0 Å². The molecule has 3 nitrogen and oxygen atoms in total. The van der Waals surface area contributed by atoms with Gasteiger partial charge in [0.05, 0.1) is 12.7 Å². The molecule has 0 fully saturated rings. The van der Waals surface area contributed by atoms with Gasteiger partial charge in [-0.1, -0.05) is 11.6 Å². The number of carbonyl (C=O) groups is 2. The van der Waals surface area contributed by atoms with Gasteiger partial charge in [0.2, 0.25) is 0 Å². The van der Waals surface area contributed by atoms with Crippen molar-refractivity contribution >= 4 is 23.4 Å². The normalized spacial score (nSPS) is 9.80. The quantitative estimate of drug-likeness (QED) is 0.743. The molecule has 0 aliphatic carbocycles. The Morgan fingerprint density at radius 2 is 2.07 bits per heavy atom. The summed E-state index contributed by atoms with van der Waals surface area (Å²) < 4.78 is 4.57. The van der Waals surface area contributed by atoms with Gasteiger partial charge in [0.25, 0.3) is 0 Å². The van der Waals surface area contributed by atoms with Crippen molar-refractivity contribution in [3.05, 3.63) is 34.3 Å². The second-order valence-corrected chi connectivity index (χ2v) is 3.58. The Bertz CT molecular complexity index is 399. The molecular formula is C11H11ClO3. The Morgan fingerprint density at radius 1 is 1.40 bits per heavy atom. The van der Waals surface area contributed by atoms with Gasteiger partial charge >= 0.3 is 5.97 Å². The number of ketones is 1. The summed E-state index contributed by atoms with van der Waals surface area (Å²) in [6, 6.07) is 4.74. The van der Waals surface area contributed by atoms with E-state index in [1.54, 1.807) is 18.2 Å². The molecule has 0 aromatic heterocycles.